The molecule has 0 saturated carbocycles. The van der Waals surface area contributed by atoms with Gasteiger partial charge in [-0.3, -0.25) is 0 Å². The van der Waals surface area contributed by atoms with Crippen LogP contribution in [0, 0.1) is 23.8 Å². The third-order valence-corrected chi connectivity index (χ3v) is 9.49. The molecule has 0 radical (unpaired) electrons. The third kappa shape index (κ3) is 16.0. The zero-order chi connectivity index (χ0) is 23.4. The average molecular weight is 532 g/mol. The predicted octanol–water partition coefficient (Wildman–Crippen LogP) is 1.11. The number of benzene rings is 1. The van der Waals surface area contributed by atoms with E-state index >= 15 is 0 Å². The first-order valence-electron chi connectivity index (χ1n) is 9.01. The first-order chi connectivity index (χ1) is 13.9. The summed E-state index contributed by atoms with van der Waals surface area (Å²) in [5.74, 6) is 0.144. The van der Waals surface area contributed by atoms with Crippen molar-refractivity contribution in [2.45, 2.75) is 51.2 Å². The number of rotatable bonds is 6. The number of thiophene rings is 1. The predicted molar refractivity (Wildman–Crippen MR) is 116 cm³/mol. The Hall–Kier alpha value is -0.369. The molecular weight excluding hydrogens is 505 g/mol. The van der Waals surface area contributed by atoms with Gasteiger partial charge >= 0.3 is 61.0 Å². The number of ether oxygens (including phenoxy) is 1. The van der Waals surface area contributed by atoms with Gasteiger partial charge in [-0.2, -0.15) is 24.6 Å². The topological polar surface area (TPSA) is 42.2 Å². The fourth-order valence-corrected chi connectivity index (χ4v) is 3.47. The van der Waals surface area contributed by atoms with Gasteiger partial charge < -0.3 is 38.9 Å². The molecule has 3 nitrogen and oxygen atoms in total. The first kappa shape index (κ1) is 39.8. The molecule has 0 bridgehead atoms. The molecule has 0 unspecified atom stereocenters. The quantitative estimate of drug-likeness (QED) is 0.414. The van der Waals surface area contributed by atoms with E-state index in [1.807, 2.05) is 17.5 Å². The molecule has 1 aromatic heterocycles. The second kappa shape index (κ2) is 18.9. The summed E-state index contributed by atoms with van der Waals surface area (Å²) in [6.45, 7) is 20.9. The van der Waals surface area contributed by atoms with Gasteiger partial charge in [0.2, 0.25) is 0 Å². The maximum absolute atomic E-state index is 12.7. The molecule has 0 aliphatic heterocycles. The molecule has 2 rings (SSSR count). The molecule has 0 N–H and O–H groups in total. The molecule has 0 saturated heterocycles. The van der Waals surface area contributed by atoms with Gasteiger partial charge in [0, 0.05) is 0 Å². The van der Waals surface area contributed by atoms with Crippen LogP contribution in [-0.2, 0) is 27.7 Å². The molecule has 0 amide bonds. The molecule has 1 aromatic carbocycles. The Morgan fingerprint density at radius 3 is 2.12 bits per heavy atom. The summed E-state index contributed by atoms with van der Waals surface area (Å²) < 4.78 is 49.6. The van der Waals surface area contributed by atoms with Gasteiger partial charge in [0.15, 0.2) is 8.32 Å². The summed E-state index contributed by atoms with van der Waals surface area (Å²) in [4.78, 5) is 0. The van der Waals surface area contributed by atoms with Crippen molar-refractivity contribution < 1.29 is 77.1 Å². The van der Waals surface area contributed by atoms with E-state index in [0.717, 1.165) is 12.1 Å². The minimum Gasteiger partial charge on any atom is -0.515 e. The molecular formula is C22H27CuF3Li2NO2SSi. The van der Waals surface area contributed by atoms with Crippen LogP contribution in [0.5, 0.6) is 5.75 Å². The number of hydrogen-bond donors (Lipinski definition) is 0. The van der Waals surface area contributed by atoms with Crippen molar-refractivity contribution in [2.75, 3.05) is 6.61 Å². The SMILES string of the molecule is [C-]#N.[CH-]=C[C@H](COc1cccc(C(F)(F)F)c1)O[Si](C)(C)C(C)(C)C.[Cu+].[Li+].[Li+].[c-]1cccs1. The van der Waals surface area contributed by atoms with Crippen molar-refractivity contribution in [3.63, 3.8) is 0 Å². The minimum absolute atomic E-state index is 0. The Balaban J connectivity index is -0.000000364. The van der Waals surface area contributed by atoms with Crippen molar-refractivity contribution in [1.29, 1.82) is 5.26 Å². The van der Waals surface area contributed by atoms with E-state index in [1.165, 1.54) is 18.2 Å². The van der Waals surface area contributed by atoms with Crippen LogP contribution in [0.2, 0.25) is 18.1 Å². The molecule has 0 fully saturated rings. The van der Waals surface area contributed by atoms with Crippen LogP contribution in [0.15, 0.2) is 47.9 Å². The van der Waals surface area contributed by atoms with E-state index in [4.69, 9.17) is 27.6 Å². The Morgan fingerprint density at radius 1 is 1.18 bits per heavy atom. The van der Waals surface area contributed by atoms with E-state index < -0.39 is 26.2 Å². The second-order valence-electron chi connectivity index (χ2n) is 7.68. The third-order valence-electron chi connectivity index (χ3n) is 4.42. The van der Waals surface area contributed by atoms with Gasteiger partial charge in [-0.1, -0.05) is 26.8 Å². The molecule has 176 valence electrons. The molecule has 0 aliphatic carbocycles. The summed E-state index contributed by atoms with van der Waals surface area (Å²) in [7, 11) is -2.04. The molecule has 2 aromatic rings. The summed E-state index contributed by atoms with van der Waals surface area (Å²) >= 11 is 1.59. The van der Waals surface area contributed by atoms with Crippen LogP contribution in [0.4, 0.5) is 13.2 Å². The summed E-state index contributed by atoms with van der Waals surface area (Å²) in [5, 5.41) is 11.1. The Morgan fingerprint density at radius 2 is 1.76 bits per heavy atom. The Bertz CT molecular complexity index is 754. The monoisotopic (exact) mass is 531 g/mol. The molecule has 0 spiro atoms. The van der Waals surface area contributed by atoms with E-state index in [0.29, 0.717) is 0 Å². The van der Waals surface area contributed by atoms with E-state index in [1.54, 1.807) is 11.3 Å². The Labute approximate surface area is 236 Å². The fourth-order valence-electron chi connectivity index (χ4n) is 1.82. The van der Waals surface area contributed by atoms with Crippen LogP contribution in [0.3, 0.4) is 0 Å². The fraction of sp³-hybridized carbons (Fsp3) is 0.409. The molecule has 1 heterocycles. The summed E-state index contributed by atoms with van der Waals surface area (Å²) in [5.41, 5.74) is -0.742. The van der Waals surface area contributed by atoms with Crippen LogP contribution in [-0.4, -0.2) is 21.0 Å². The minimum atomic E-state index is -4.39. The van der Waals surface area contributed by atoms with Gasteiger partial charge in [0.05, 0.1) is 11.7 Å². The average Bonchev–Trinajstić information content (AvgIpc) is 3.25. The molecule has 11 heteroatoms. The van der Waals surface area contributed by atoms with E-state index in [2.05, 4.69) is 39.2 Å². The summed E-state index contributed by atoms with van der Waals surface area (Å²) in [6.07, 6.45) is -3.48. The standard InChI is InChI=1S/C17H24F3O2Si.C4H3S.CN.Cu.2Li/c1-7-14(22-23(5,6)16(2,3)4)12-21-15-10-8-9-13(11-15)17(18,19)20;1-2-4-5-3-1;1-2;;;/h1,7-11,14H,12H2,2-6H3;1-3H;;;;/q3*-1;3*+1/t14-;;;;;/m1...../s1. The normalized spacial score (nSPS) is 11.3. The number of halogens is 3. The molecule has 0 aliphatic rings. The van der Waals surface area contributed by atoms with Gasteiger partial charge in [-0.05, 0) is 36.3 Å². The first-order valence-corrected chi connectivity index (χ1v) is 12.8. The molecule has 33 heavy (non-hydrogen) atoms. The van der Waals surface area contributed by atoms with Gasteiger partial charge in [-0.15, -0.1) is 5.38 Å². The van der Waals surface area contributed by atoms with Crippen molar-refractivity contribution in [3.8, 4) is 5.75 Å². The maximum atomic E-state index is 12.7. The number of nitrogens with zero attached hydrogens (tertiary/aromatic N) is 1. The van der Waals surface area contributed by atoms with Crippen molar-refractivity contribution in [2.24, 2.45) is 0 Å². The maximum Gasteiger partial charge on any atom is 1.00 e. The van der Waals surface area contributed by atoms with Gasteiger partial charge in [0.1, 0.15) is 12.4 Å². The van der Waals surface area contributed by atoms with Crippen molar-refractivity contribution in [1.82, 2.24) is 0 Å². The van der Waals surface area contributed by atoms with Crippen molar-refractivity contribution in [3.05, 3.63) is 71.9 Å². The van der Waals surface area contributed by atoms with Crippen LogP contribution >= 0.6 is 11.3 Å². The largest absolute Gasteiger partial charge is 1.00 e. The second-order valence-corrected chi connectivity index (χ2v) is 13.2. The van der Waals surface area contributed by atoms with E-state index in [9.17, 15) is 13.2 Å². The van der Waals surface area contributed by atoms with Crippen molar-refractivity contribution >= 4 is 19.7 Å². The van der Waals surface area contributed by atoms with Crippen LogP contribution < -0.4 is 42.5 Å². The number of hydrogen-bond acceptors (Lipinski definition) is 4. The van der Waals surface area contributed by atoms with Crippen LogP contribution in [0.1, 0.15) is 26.3 Å². The Kier molecular flexibility index (Phi) is 22.8. The zero-order valence-corrected chi connectivity index (χ0v) is 22.8. The molecule has 1 atom stereocenters. The van der Waals surface area contributed by atoms with Gasteiger partial charge in [0.25, 0.3) is 0 Å². The summed E-state index contributed by atoms with van der Waals surface area (Å²) in [6, 6.07) is 8.63. The van der Waals surface area contributed by atoms with Crippen LogP contribution in [0.25, 0.3) is 0 Å². The zero-order valence-electron chi connectivity index (χ0n) is 20.1. The smallest absolute Gasteiger partial charge is 0.515 e. The van der Waals surface area contributed by atoms with Gasteiger partial charge in [-0.25, -0.2) is 12.1 Å². The number of alkyl halides is 3. The van der Waals surface area contributed by atoms with E-state index in [-0.39, 0.29) is 72.2 Å².